The van der Waals surface area contributed by atoms with Gasteiger partial charge in [0.1, 0.15) is 6.33 Å². The lowest BCUT2D eigenvalue weighted by molar-refractivity contribution is 0.533. The summed E-state index contributed by atoms with van der Waals surface area (Å²) in [6, 6.07) is 4.36. The molecule has 0 atom stereocenters. The van der Waals surface area contributed by atoms with E-state index in [0.29, 0.717) is 0 Å². The van der Waals surface area contributed by atoms with Crippen molar-refractivity contribution in [3.8, 4) is 0 Å². The molecule has 0 aliphatic carbocycles. The van der Waals surface area contributed by atoms with E-state index >= 15 is 0 Å². The summed E-state index contributed by atoms with van der Waals surface area (Å²) in [5, 5.41) is 1.12. The van der Waals surface area contributed by atoms with Gasteiger partial charge in [-0.3, -0.25) is 0 Å². The molecule has 2 nitrogen and oxygen atoms in total. The molecule has 1 aromatic heterocycles. The third-order valence-electron chi connectivity index (χ3n) is 3.23. The van der Waals surface area contributed by atoms with Crippen LogP contribution in [0.2, 0.25) is 0 Å². The first-order valence-electron chi connectivity index (χ1n) is 6.45. The van der Waals surface area contributed by atoms with Gasteiger partial charge in [0.2, 0.25) is 0 Å². The second-order valence-electron chi connectivity index (χ2n) is 6.95. The van der Waals surface area contributed by atoms with E-state index in [1.165, 1.54) is 11.1 Å². The maximum Gasteiger partial charge on any atom is 0.116 e. The van der Waals surface area contributed by atoms with E-state index < -0.39 is 0 Å². The summed E-state index contributed by atoms with van der Waals surface area (Å²) in [6.07, 6.45) is 3.54. The molecule has 2 aromatic rings. The zero-order valence-electron chi connectivity index (χ0n) is 12.2. The molecule has 1 aromatic carbocycles. The van der Waals surface area contributed by atoms with Crippen LogP contribution in [0, 0.1) is 0 Å². The lowest BCUT2D eigenvalue weighted by Gasteiger charge is -2.30. The molecule has 96 valence electrons. The minimum atomic E-state index is 0.0798. The van der Waals surface area contributed by atoms with Gasteiger partial charge in [-0.05, 0) is 22.0 Å². The monoisotopic (exact) mass is 242 g/mol. The van der Waals surface area contributed by atoms with Crippen molar-refractivity contribution in [2.75, 3.05) is 0 Å². The first-order valence-corrected chi connectivity index (χ1v) is 6.45. The largest absolute Gasteiger partial charge is 0.244 e. The quantitative estimate of drug-likeness (QED) is 0.691. The molecule has 0 N–H and O–H groups in total. The maximum absolute atomic E-state index is 4.51. The van der Waals surface area contributed by atoms with Gasteiger partial charge < -0.3 is 0 Å². The van der Waals surface area contributed by atoms with E-state index in [4.69, 9.17) is 0 Å². The standard InChI is InChI=1S/C16H22N2/c1-15(2,3)12-8-7-11-9-17-10-18-14(11)13(12)16(4,5)6/h7-10H,1-6H3. The third kappa shape index (κ3) is 2.24. The highest BCUT2D eigenvalue weighted by atomic mass is 14.8. The lowest BCUT2D eigenvalue weighted by atomic mass is 9.74. The summed E-state index contributed by atoms with van der Waals surface area (Å²) in [7, 11) is 0. The molecule has 0 aliphatic rings. The van der Waals surface area contributed by atoms with Crippen LogP contribution in [0.4, 0.5) is 0 Å². The Kier molecular flexibility index (Phi) is 2.92. The van der Waals surface area contributed by atoms with E-state index in [1.54, 1.807) is 6.33 Å². The summed E-state index contributed by atoms with van der Waals surface area (Å²) in [6.45, 7) is 13.5. The average molecular weight is 242 g/mol. The van der Waals surface area contributed by atoms with Crippen molar-refractivity contribution < 1.29 is 0 Å². The summed E-state index contributed by atoms with van der Waals surface area (Å²) in [5.41, 5.74) is 4.01. The van der Waals surface area contributed by atoms with E-state index in [9.17, 15) is 0 Å². The second kappa shape index (κ2) is 4.04. The number of hydrogen-bond acceptors (Lipinski definition) is 2. The Morgan fingerprint density at radius 1 is 0.889 bits per heavy atom. The van der Waals surface area contributed by atoms with Crippen molar-refractivity contribution in [2.24, 2.45) is 0 Å². The van der Waals surface area contributed by atoms with Crippen LogP contribution in [-0.4, -0.2) is 9.97 Å². The highest BCUT2D eigenvalue weighted by Crippen LogP contribution is 2.37. The maximum atomic E-state index is 4.51. The SMILES string of the molecule is CC(C)(C)c1ccc2cncnc2c1C(C)(C)C. The van der Waals surface area contributed by atoms with Crippen molar-refractivity contribution in [3.63, 3.8) is 0 Å². The van der Waals surface area contributed by atoms with Crippen molar-refractivity contribution in [2.45, 2.75) is 52.4 Å². The van der Waals surface area contributed by atoms with Crippen molar-refractivity contribution in [1.29, 1.82) is 0 Å². The molecule has 18 heavy (non-hydrogen) atoms. The predicted octanol–water partition coefficient (Wildman–Crippen LogP) is 4.22. The van der Waals surface area contributed by atoms with Gasteiger partial charge in [0.15, 0.2) is 0 Å². The van der Waals surface area contributed by atoms with E-state index in [1.807, 2.05) is 6.20 Å². The fourth-order valence-corrected chi connectivity index (χ4v) is 2.44. The average Bonchev–Trinajstić information content (AvgIpc) is 2.24. The van der Waals surface area contributed by atoms with Gasteiger partial charge in [-0.2, -0.15) is 0 Å². The van der Waals surface area contributed by atoms with Crippen LogP contribution in [-0.2, 0) is 10.8 Å². The van der Waals surface area contributed by atoms with Gasteiger partial charge in [0.25, 0.3) is 0 Å². The molecule has 0 spiro atoms. The highest BCUT2D eigenvalue weighted by molar-refractivity contribution is 5.83. The molecule has 0 radical (unpaired) electrons. The fourth-order valence-electron chi connectivity index (χ4n) is 2.44. The van der Waals surface area contributed by atoms with Crippen LogP contribution in [0.5, 0.6) is 0 Å². The van der Waals surface area contributed by atoms with Crippen LogP contribution in [0.25, 0.3) is 10.9 Å². The number of rotatable bonds is 0. The summed E-state index contributed by atoms with van der Waals surface area (Å²) >= 11 is 0. The predicted molar refractivity (Wildman–Crippen MR) is 76.9 cm³/mol. The normalized spacial score (nSPS) is 13.0. The number of fused-ring (bicyclic) bond motifs is 1. The Balaban J connectivity index is 2.89. The minimum Gasteiger partial charge on any atom is -0.244 e. The van der Waals surface area contributed by atoms with Crippen LogP contribution < -0.4 is 0 Å². The van der Waals surface area contributed by atoms with E-state index in [-0.39, 0.29) is 10.8 Å². The Morgan fingerprint density at radius 3 is 2.11 bits per heavy atom. The molecule has 0 saturated heterocycles. The van der Waals surface area contributed by atoms with Gasteiger partial charge in [0.05, 0.1) is 5.52 Å². The van der Waals surface area contributed by atoms with Gasteiger partial charge in [0, 0.05) is 11.6 Å². The summed E-state index contributed by atoms with van der Waals surface area (Å²) in [4.78, 5) is 8.63. The van der Waals surface area contributed by atoms with Crippen LogP contribution >= 0.6 is 0 Å². The van der Waals surface area contributed by atoms with Crippen molar-refractivity contribution >= 4 is 10.9 Å². The zero-order chi connectivity index (χ0) is 13.6. The minimum absolute atomic E-state index is 0.0798. The van der Waals surface area contributed by atoms with Crippen LogP contribution in [0.3, 0.4) is 0 Å². The van der Waals surface area contributed by atoms with Gasteiger partial charge in [-0.1, -0.05) is 53.7 Å². The topological polar surface area (TPSA) is 25.8 Å². The van der Waals surface area contributed by atoms with Crippen LogP contribution in [0.1, 0.15) is 52.7 Å². The molecule has 0 unspecified atom stereocenters. The number of aromatic nitrogens is 2. The number of hydrogen-bond donors (Lipinski definition) is 0. The molecule has 2 rings (SSSR count). The molecule has 0 fully saturated rings. The Morgan fingerprint density at radius 2 is 1.56 bits per heavy atom. The molecular formula is C16H22N2. The van der Waals surface area contributed by atoms with Gasteiger partial charge in [-0.25, -0.2) is 9.97 Å². The molecule has 0 bridgehead atoms. The number of nitrogens with zero attached hydrogens (tertiary/aromatic N) is 2. The molecule has 0 saturated carbocycles. The molecule has 0 aliphatic heterocycles. The van der Waals surface area contributed by atoms with Crippen LogP contribution in [0.15, 0.2) is 24.7 Å². The first-order chi connectivity index (χ1) is 8.21. The van der Waals surface area contributed by atoms with Gasteiger partial charge >= 0.3 is 0 Å². The molecule has 2 heteroatoms. The first kappa shape index (κ1) is 13.0. The number of benzene rings is 1. The highest BCUT2D eigenvalue weighted by Gasteiger charge is 2.27. The smallest absolute Gasteiger partial charge is 0.116 e. The Labute approximate surface area is 109 Å². The third-order valence-corrected chi connectivity index (χ3v) is 3.23. The molecule has 1 heterocycles. The van der Waals surface area contributed by atoms with Gasteiger partial charge in [-0.15, -0.1) is 0 Å². The van der Waals surface area contributed by atoms with Crippen molar-refractivity contribution in [3.05, 3.63) is 35.8 Å². The lowest BCUT2D eigenvalue weighted by Crippen LogP contribution is -2.22. The second-order valence-corrected chi connectivity index (χ2v) is 6.95. The molecule has 0 amide bonds. The molecular weight excluding hydrogens is 220 g/mol. The Bertz CT molecular complexity index is 572. The summed E-state index contributed by atoms with van der Waals surface area (Å²) in [5.74, 6) is 0. The van der Waals surface area contributed by atoms with E-state index in [0.717, 1.165) is 10.9 Å². The van der Waals surface area contributed by atoms with Crippen molar-refractivity contribution in [1.82, 2.24) is 9.97 Å². The van der Waals surface area contributed by atoms with E-state index in [2.05, 4.69) is 63.6 Å². The Hall–Kier alpha value is -1.44. The fraction of sp³-hybridized carbons (Fsp3) is 0.500. The summed E-state index contributed by atoms with van der Waals surface area (Å²) < 4.78 is 0. The zero-order valence-corrected chi connectivity index (χ0v) is 12.2.